The first-order valence-corrected chi connectivity index (χ1v) is 10.5. The van der Waals surface area contributed by atoms with Gasteiger partial charge in [0.15, 0.2) is 11.5 Å². The van der Waals surface area contributed by atoms with Gasteiger partial charge in [-0.1, -0.05) is 74.9 Å². The Morgan fingerprint density at radius 2 is 1.69 bits per heavy atom. The molecule has 0 saturated heterocycles. The third kappa shape index (κ3) is 4.58. The molecule has 2 aromatic carbocycles. The molecule has 4 nitrogen and oxygen atoms in total. The van der Waals surface area contributed by atoms with Crippen LogP contribution in [0.5, 0.6) is 0 Å². The first-order valence-electron chi connectivity index (χ1n) is 10.5. The van der Waals surface area contributed by atoms with E-state index in [9.17, 15) is 14.7 Å². The molecule has 29 heavy (non-hydrogen) atoms. The number of benzene rings is 2. The summed E-state index contributed by atoms with van der Waals surface area (Å²) in [5.41, 5.74) is 3.38. The Balaban J connectivity index is 1.89. The Kier molecular flexibility index (Phi) is 6.86. The van der Waals surface area contributed by atoms with Crippen molar-refractivity contribution >= 4 is 11.7 Å². The van der Waals surface area contributed by atoms with Crippen LogP contribution in [0, 0.1) is 0 Å². The Morgan fingerprint density at radius 1 is 1.00 bits per heavy atom. The number of Topliss-reactive ketones (excluding diaryl/α,β-unsaturated/α-hetero) is 1. The number of ketones is 1. The van der Waals surface area contributed by atoms with E-state index in [1.165, 1.54) is 5.56 Å². The molecule has 3 rings (SSSR count). The summed E-state index contributed by atoms with van der Waals surface area (Å²) in [4.78, 5) is 27.5. The maximum Gasteiger partial charge on any atom is 0.290 e. The summed E-state index contributed by atoms with van der Waals surface area (Å²) in [6, 6.07) is 17.3. The maximum atomic E-state index is 13.1. The van der Waals surface area contributed by atoms with E-state index in [-0.39, 0.29) is 23.5 Å². The fourth-order valence-electron chi connectivity index (χ4n) is 3.82. The molecule has 152 valence electrons. The molecule has 1 amide bonds. The second kappa shape index (κ2) is 9.55. The van der Waals surface area contributed by atoms with Gasteiger partial charge in [0.2, 0.25) is 0 Å². The highest BCUT2D eigenvalue weighted by Crippen LogP contribution is 2.38. The number of nitrogens with zero attached hydrogens (tertiary/aromatic N) is 1. The number of amides is 1. The highest BCUT2D eigenvalue weighted by atomic mass is 16.3. The molecule has 2 aromatic rings. The summed E-state index contributed by atoms with van der Waals surface area (Å²) in [7, 11) is 0. The van der Waals surface area contributed by atoms with Crippen molar-refractivity contribution in [2.75, 3.05) is 6.54 Å². The summed E-state index contributed by atoms with van der Waals surface area (Å²) in [6.07, 6.45) is 3.54. The number of carbonyl (C=O) groups is 2. The SMILES string of the molecule is CCCCN1C(=O)C(O)=C(C(=O)CCc2ccccc2)C1c1ccc(CC)cc1. The molecule has 1 aliphatic heterocycles. The molecule has 1 heterocycles. The van der Waals surface area contributed by atoms with Gasteiger partial charge in [0.25, 0.3) is 5.91 Å². The molecule has 0 saturated carbocycles. The number of carbonyl (C=O) groups excluding carboxylic acids is 2. The minimum absolute atomic E-state index is 0.164. The maximum absolute atomic E-state index is 13.1. The van der Waals surface area contributed by atoms with Gasteiger partial charge in [-0.3, -0.25) is 9.59 Å². The number of hydrogen-bond acceptors (Lipinski definition) is 3. The van der Waals surface area contributed by atoms with E-state index < -0.39 is 11.9 Å². The minimum Gasteiger partial charge on any atom is -0.503 e. The Labute approximate surface area is 172 Å². The van der Waals surface area contributed by atoms with E-state index in [2.05, 4.69) is 13.8 Å². The van der Waals surface area contributed by atoms with Crippen molar-refractivity contribution < 1.29 is 14.7 Å². The van der Waals surface area contributed by atoms with E-state index in [1.54, 1.807) is 4.90 Å². The molecule has 1 aliphatic rings. The van der Waals surface area contributed by atoms with E-state index in [1.807, 2.05) is 54.6 Å². The van der Waals surface area contributed by atoms with Crippen LogP contribution in [0.25, 0.3) is 0 Å². The molecule has 4 heteroatoms. The van der Waals surface area contributed by atoms with Crippen molar-refractivity contribution in [1.29, 1.82) is 0 Å². The molecule has 0 radical (unpaired) electrons. The summed E-state index contributed by atoms with van der Waals surface area (Å²) in [5, 5.41) is 10.6. The number of aliphatic hydroxyl groups excluding tert-OH is 1. The van der Waals surface area contributed by atoms with Crippen LogP contribution in [0.4, 0.5) is 0 Å². The quantitative estimate of drug-likeness (QED) is 0.658. The largest absolute Gasteiger partial charge is 0.503 e. The van der Waals surface area contributed by atoms with Crippen LogP contribution >= 0.6 is 0 Å². The third-order valence-electron chi connectivity index (χ3n) is 5.54. The van der Waals surface area contributed by atoms with Gasteiger partial charge in [-0.05, 0) is 36.0 Å². The van der Waals surface area contributed by atoms with Gasteiger partial charge >= 0.3 is 0 Å². The van der Waals surface area contributed by atoms with Crippen LogP contribution < -0.4 is 0 Å². The summed E-state index contributed by atoms with van der Waals surface area (Å²) in [6.45, 7) is 4.67. The third-order valence-corrected chi connectivity index (χ3v) is 5.54. The Hall–Kier alpha value is -2.88. The summed E-state index contributed by atoms with van der Waals surface area (Å²) in [5.74, 6) is -0.988. The predicted molar refractivity (Wildman–Crippen MR) is 115 cm³/mol. The molecular weight excluding hydrogens is 362 g/mol. The van der Waals surface area contributed by atoms with Gasteiger partial charge in [-0.15, -0.1) is 0 Å². The zero-order valence-electron chi connectivity index (χ0n) is 17.2. The van der Waals surface area contributed by atoms with Gasteiger partial charge in [-0.25, -0.2) is 0 Å². The van der Waals surface area contributed by atoms with Crippen molar-refractivity contribution in [2.45, 2.75) is 52.0 Å². The molecule has 0 fully saturated rings. The summed E-state index contributed by atoms with van der Waals surface area (Å²) < 4.78 is 0. The van der Waals surface area contributed by atoms with Crippen LogP contribution in [0.15, 0.2) is 65.9 Å². The topological polar surface area (TPSA) is 57.6 Å². The van der Waals surface area contributed by atoms with Gasteiger partial charge in [0, 0.05) is 13.0 Å². The first-order chi connectivity index (χ1) is 14.1. The van der Waals surface area contributed by atoms with Crippen molar-refractivity contribution in [3.8, 4) is 0 Å². The highest BCUT2D eigenvalue weighted by molar-refractivity contribution is 6.09. The number of hydrogen-bond donors (Lipinski definition) is 1. The average molecular weight is 392 g/mol. The van der Waals surface area contributed by atoms with Crippen LogP contribution in [0.2, 0.25) is 0 Å². The zero-order chi connectivity index (χ0) is 20.8. The summed E-state index contributed by atoms with van der Waals surface area (Å²) >= 11 is 0. The second-order valence-electron chi connectivity index (χ2n) is 7.52. The fourth-order valence-corrected chi connectivity index (χ4v) is 3.82. The van der Waals surface area contributed by atoms with E-state index in [4.69, 9.17) is 0 Å². The minimum atomic E-state index is -0.511. The lowest BCUT2D eigenvalue weighted by atomic mass is 9.92. The molecule has 0 spiro atoms. The number of unbranched alkanes of at least 4 members (excludes halogenated alkanes) is 1. The first kappa shape index (κ1) is 20.8. The van der Waals surface area contributed by atoms with Gasteiger partial charge < -0.3 is 10.0 Å². The molecule has 0 aromatic heterocycles. The molecule has 1 atom stereocenters. The molecule has 0 bridgehead atoms. The monoisotopic (exact) mass is 391 g/mol. The zero-order valence-corrected chi connectivity index (χ0v) is 17.2. The van der Waals surface area contributed by atoms with Crippen molar-refractivity contribution in [3.63, 3.8) is 0 Å². The Bertz CT molecular complexity index is 884. The lowest BCUT2D eigenvalue weighted by Crippen LogP contribution is -2.32. The second-order valence-corrected chi connectivity index (χ2v) is 7.52. The highest BCUT2D eigenvalue weighted by Gasteiger charge is 2.42. The van der Waals surface area contributed by atoms with Crippen LogP contribution in [0.3, 0.4) is 0 Å². The van der Waals surface area contributed by atoms with Crippen molar-refractivity contribution in [1.82, 2.24) is 4.90 Å². The molecule has 0 aliphatic carbocycles. The van der Waals surface area contributed by atoms with Crippen LogP contribution in [-0.4, -0.2) is 28.2 Å². The fraction of sp³-hybridized carbons (Fsp3) is 0.360. The Morgan fingerprint density at radius 3 is 2.31 bits per heavy atom. The van der Waals surface area contributed by atoms with E-state index in [0.717, 1.165) is 30.4 Å². The van der Waals surface area contributed by atoms with Crippen molar-refractivity contribution in [2.24, 2.45) is 0 Å². The van der Waals surface area contributed by atoms with Crippen molar-refractivity contribution in [3.05, 3.63) is 82.6 Å². The molecule has 1 N–H and O–H groups in total. The van der Waals surface area contributed by atoms with Crippen LogP contribution in [-0.2, 0) is 22.4 Å². The predicted octanol–water partition coefficient (Wildman–Crippen LogP) is 4.95. The van der Waals surface area contributed by atoms with E-state index >= 15 is 0 Å². The van der Waals surface area contributed by atoms with Gasteiger partial charge in [-0.2, -0.15) is 0 Å². The van der Waals surface area contributed by atoms with Gasteiger partial charge in [0.1, 0.15) is 0 Å². The number of aryl methyl sites for hydroxylation is 2. The normalized spacial score (nSPS) is 16.6. The van der Waals surface area contributed by atoms with E-state index in [0.29, 0.717) is 13.0 Å². The van der Waals surface area contributed by atoms with Crippen LogP contribution in [0.1, 0.15) is 55.8 Å². The standard InChI is InChI=1S/C25H29NO3/c1-3-5-17-26-23(20-14-11-18(4-2)12-15-20)22(24(28)25(26)29)21(27)16-13-19-9-7-6-8-10-19/h6-12,14-15,23,28H,3-5,13,16-17H2,1-2H3. The lowest BCUT2D eigenvalue weighted by Gasteiger charge is -2.27. The molecular formula is C25H29NO3. The average Bonchev–Trinajstić information content (AvgIpc) is 3.01. The lowest BCUT2D eigenvalue weighted by molar-refractivity contribution is -0.129. The number of aliphatic hydroxyl groups is 1. The molecule has 1 unspecified atom stereocenters. The smallest absolute Gasteiger partial charge is 0.290 e. The number of rotatable bonds is 9. The van der Waals surface area contributed by atoms with Gasteiger partial charge in [0.05, 0.1) is 11.6 Å².